The summed E-state index contributed by atoms with van der Waals surface area (Å²) >= 11 is 0. The molecule has 1 N–H and O–H groups in total. The number of likely N-dealkylation sites (N-methyl/N-ethyl adjacent to an activating group) is 1. The summed E-state index contributed by atoms with van der Waals surface area (Å²) in [6.07, 6.45) is 0. The van der Waals surface area contributed by atoms with Gasteiger partial charge >= 0.3 is 0 Å². The van der Waals surface area contributed by atoms with E-state index in [1.165, 1.54) is 11.1 Å². The van der Waals surface area contributed by atoms with E-state index in [-0.39, 0.29) is 6.04 Å². The van der Waals surface area contributed by atoms with E-state index < -0.39 is 0 Å². The molecule has 0 saturated heterocycles. The molecule has 5 nitrogen and oxygen atoms in total. The first-order valence-corrected chi connectivity index (χ1v) is 6.85. The van der Waals surface area contributed by atoms with Crippen LogP contribution in [0.3, 0.4) is 0 Å². The molecule has 5 heteroatoms. The number of nitrogens with one attached hydrogen (secondary N) is 1. The van der Waals surface area contributed by atoms with Gasteiger partial charge in [-0.2, -0.15) is 5.26 Å². The van der Waals surface area contributed by atoms with Crippen LogP contribution in [-0.4, -0.2) is 30.5 Å². The highest BCUT2D eigenvalue weighted by Gasteiger charge is 2.16. The summed E-state index contributed by atoms with van der Waals surface area (Å²) < 4.78 is 5.43. The Morgan fingerprint density at radius 3 is 2.52 bits per heavy atom. The summed E-state index contributed by atoms with van der Waals surface area (Å²) in [6.45, 7) is 4.44. The number of oxazole rings is 1. The standard InChI is InChI=1S/C16H20N4O/c1-11-5-7-13(8-6-11)15(20(3)4)10-18-16-14(9-17)19-12(2)21-16/h5-8,15,18H,10H2,1-4H3/t15-/m1/s1. The van der Waals surface area contributed by atoms with E-state index in [2.05, 4.69) is 46.4 Å². The van der Waals surface area contributed by atoms with Crippen LogP contribution in [-0.2, 0) is 0 Å². The normalized spacial score (nSPS) is 12.2. The lowest BCUT2D eigenvalue weighted by Gasteiger charge is -2.25. The van der Waals surface area contributed by atoms with Gasteiger partial charge in [0, 0.05) is 13.5 Å². The van der Waals surface area contributed by atoms with Gasteiger partial charge in [0.2, 0.25) is 11.6 Å². The fourth-order valence-corrected chi connectivity index (χ4v) is 2.20. The van der Waals surface area contributed by atoms with Crippen LogP contribution in [0.2, 0.25) is 0 Å². The van der Waals surface area contributed by atoms with Crippen molar-refractivity contribution in [3.8, 4) is 6.07 Å². The Labute approximate surface area is 125 Å². The van der Waals surface area contributed by atoms with Crippen LogP contribution in [0.15, 0.2) is 28.7 Å². The van der Waals surface area contributed by atoms with Crippen LogP contribution < -0.4 is 5.32 Å². The van der Waals surface area contributed by atoms with Gasteiger partial charge in [-0.3, -0.25) is 0 Å². The summed E-state index contributed by atoms with van der Waals surface area (Å²) in [7, 11) is 4.06. The number of anilines is 1. The minimum atomic E-state index is 0.183. The quantitative estimate of drug-likeness (QED) is 0.914. The van der Waals surface area contributed by atoms with Gasteiger partial charge < -0.3 is 14.6 Å². The number of nitriles is 1. The number of benzene rings is 1. The van der Waals surface area contributed by atoms with E-state index in [0.717, 1.165) is 0 Å². The van der Waals surface area contributed by atoms with Crippen molar-refractivity contribution in [3.05, 3.63) is 47.0 Å². The third-order valence-corrected chi connectivity index (χ3v) is 3.38. The molecule has 1 aromatic heterocycles. The Hall–Kier alpha value is -2.32. The van der Waals surface area contributed by atoms with E-state index in [1.807, 2.05) is 20.2 Å². The number of nitrogens with zero attached hydrogens (tertiary/aromatic N) is 3. The van der Waals surface area contributed by atoms with Gasteiger partial charge in [0.1, 0.15) is 6.07 Å². The average molecular weight is 284 g/mol. The summed E-state index contributed by atoms with van der Waals surface area (Å²) in [5.74, 6) is 0.930. The van der Waals surface area contributed by atoms with E-state index in [0.29, 0.717) is 24.0 Å². The SMILES string of the molecule is Cc1ccc([C@@H](CNc2oc(C)nc2C#N)N(C)C)cc1. The Bertz CT molecular complexity index is 637. The van der Waals surface area contributed by atoms with Gasteiger partial charge in [0.05, 0.1) is 6.04 Å². The Morgan fingerprint density at radius 2 is 1.95 bits per heavy atom. The van der Waals surface area contributed by atoms with Crippen molar-refractivity contribution in [1.29, 1.82) is 5.26 Å². The minimum Gasteiger partial charge on any atom is -0.424 e. The maximum Gasteiger partial charge on any atom is 0.232 e. The summed E-state index contributed by atoms with van der Waals surface area (Å²) in [5.41, 5.74) is 2.75. The zero-order valence-corrected chi connectivity index (χ0v) is 12.8. The van der Waals surface area contributed by atoms with Gasteiger partial charge in [-0.1, -0.05) is 29.8 Å². The molecular weight excluding hydrogens is 264 g/mol. The van der Waals surface area contributed by atoms with Gasteiger partial charge in [0.25, 0.3) is 0 Å². The van der Waals surface area contributed by atoms with Crippen LogP contribution in [0.5, 0.6) is 0 Å². The maximum atomic E-state index is 9.03. The number of aryl methyl sites for hydroxylation is 2. The molecule has 0 amide bonds. The molecule has 1 atom stereocenters. The highest BCUT2D eigenvalue weighted by Crippen LogP contribution is 2.22. The molecule has 0 bridgehead atoms. The minimum absolute atomic E-state index is 0.183. The molecule has 2 rings (SSSR count). The van der Waals surface area contributed by atoms with Crippen molar-refractivity contribution < 1.29 is 4.42 Å². The van der Waals surface area contributed by atoms with Crippen LogP contribution in [0.4, 0.5) is 5.88 Å². The summed E-state index contributed by atoms with van der Waals surface area (Å²) in [4.78, 5) is 6.16. The fraction of sp³-hybridized carbons (Fsp3) is 0.375. The Kier molecular flexibility index (Phi) is 4.61. The van der Waals surface area contributed by atoms with Crippen LogP contribution in [0, 0.1) is 25.2 Å². The van der Waals surface area contributed by atoms with E-state index in [9.17, 15) is 0 Å². The lowest BCUT2D eigenvalue weighted by molar-refractivity contribution is 0.310. The van der Waals surface area contributed by atoms with E-state index in [1.54, 1.807) is 6.92 Å². The lowest BCUT2D eigenvalue weighted by Crippen LogP contribution is -2.26. The molecule has 1 aromatic carbocycles. The summed E-state index contributed by atoms with van der Waals surface area (Å²) in [5, 5.41) is 12.2. The van der Waals surface area contributed by atoms with E-state index in [4.69, 9.17) is 9.68 Å². The number of hydrogen-bond donors (Lipinski definition) is 1. The molecule has 0 spiro atoms. The molecule has 0 radical (unpaired) electrons. The van der Waals surface area contributed by atoms with Gasteiger partial charge in [-0.15, -0.1) is 0 Å². The zero-order chi connectivity index (χ0) is 15.4. The number of aromatic nitrogens is 1. The highest BCUT2D eigenvalue weighted by atomic mass is 16.4. The smallest absolute Gasteiger partial charge is 0.232 e. The highest BCUT2D eigenvalue weighted by molar-refractivity contribution is 5.45. The molecule has 0 aliphatic carbocycles. The third-order valence-electron chi connectivity index (χ3n) is 3.38. The van der Waals surface area contributed by atoms with E-state index >= 15 is 0 Å². The first-order chi connectivity index (χ1) is 10.0. The molecule has 0 unspecified atom stereocenters. The van der Waals surface area contributed by atoms with Crippen molar-refractivity contribution in [1.82, 2.24) is 9.88 Å². The molecular formula is C16H20N4O. The van der Waals surface area contributed by atoms with Crippen LogP contribution >= 0.6 is 0 Å². The molecule has 21 heavy (non-hydrogen) atoms. The topological polar surface area (TPSA) is 65.1 Å². The molecule has 110 valence electrons. The largest absolute Gasteiger partial charge is 0.424 e. The van der Waals surface area contributed by atoms with Gasteiger partial charge in [0.15, 0.2) is 5.89 Å². The second-order valence-electron chi connectivity index (χ2n) is 5.29. The second kappa shape index (κ2) is 6.42. The van der Waals surface area contributed by atoms with Crippen molar-refractivity contribution >= 4 is 5.88 Å². The third kappa shape index (κ3) is 3.61. The first-order valence-electron chi connectivity index (χ1n) is 6.85. The van der Waals surface area contributed by atoms with Crippen molar-refractivity contribution in [2.45, 2.75) is 19.9 Å². The Morgan fingerprint density at radius 1 is 1.29 bits per heavy atom. The number of hydrogen-bond acceptors (Lipinski definition) is 5. The molecule has 0 saturated carbocycles. The lowest BCUT2D eigenvalue weighted by atomic mass is 10.0. The predicted octanol–water partition coefficient (Wildman–Crippen LogP) is 2.88. The van der Waals surface area contributed by atoms with Crippen molar-refractivity contribution in [3.63, 3.8) is 0 Å². The Balaban J connectivity index is 2.14. The molecule has 1 heterocycles. The zero-order valence-electron chi connectivity index (χ0n) is 12.8. The second-order valence-corrected chi connectivity index (χ2v) is 5.29. The fourth-order valence-electron chi connectivity index (χ4n) is 2.20. The average Bonchev–Trinajstić information content (AvgIpc) is 2.81. The van der Waals surface area contributed by atoms with Gasteiger partial charge in [-0.25, -0.2) is 4.98 Å². The monoisotopic (exact) mass is 284 g/mol. The molecule has 0 aliphatic heterocycles. The molecule has 0 aliphatic rings. The maximum absolute atomic E-state index is 9.03. The van der Waals surface area contributed by atoms with Crippen molar-refractivity contribution in [2.24, 2.45) is 0 Å². The van der Waals surface area contributed by atoms with Crippen LogP contribution in [0.25, 0.3) is 0 Å². The molecule has 0 fully saturated rings. The number of rotatable bonds is 5. The predicted molar refractivity (Wildman–Crippen MR) is 82.1 cm³/mol. The molecule has 2 aromatic rings. The summed E-state index contributed by atoms with van der Waals surface area (Å²) in [6, 6.07) is 10.7. The van der Waals surface area contributed by atoms with Gasteiger partial charge in [-0.05, 0) is 26.6 Å². The van der Waals surface area contributed by atoms with Crippen LogP contribution in [0.1, 0.15) is 28.8 Å². The first kappa shape index (κ1) is 15.1. The van der Waals surface area contributed by atoms with Crippen molar-refractivity contribution in [2.75, 3.05) is 26.0 Å².